The SMILES string of the molecule is COC(=O)C1=C(C)NC(C)=C(C(=O)OC(CN2CCCCC2)c2ccccc2)C1c1ccc[nH]1. The van der Waals surface area contributed by atoms with Gasteiger partial charge in [0.25, 0.3) is 0 Å². The van der Waals surface area contributed by atoms with Gasteiger partial charge in [-0.1, -0.05) is 36.8 Å². The van der Waals surface area contributed by atoms with E-state index in [0.29, 0.717) is 29.1 Å². The van der Waals surface area contributed by atoms with Gasteiger partial charge in [0.1, 0.15) is 6.10 Å². The Balaban J connectivity index is 1.66. The standard InChI is InChI=1S/C27H33N3O4/c1-18-23(26(31)33-3)25(21-13-10-14-28-21)24(19(2)29-18)27(32)34-22(20-11-6-4-7-12-20)17-30-15-8-5-9-16-30/h4,6-7,10-14,22,25,28-29H,5,8-9,15-17H2,1-3H3. The third kappa shape index (κ3) is 5.09. The molecule has 1 aromatic heterocycles. The fraction of sp³-hybridized carbons (Fsp3) is 0.407. The summed E-state index contributed by atoms with van der Waals surface area (Å²) in [5.74, 6) is -1.53. The van der Waals surface area contributed by atoms with Crippen LogP contribution >= 0.6 is 0 Å². The average molecular weight is 464 g/mol. The smallest absolute Gasteiger partial charge is 0.337 e. The molecule has 1 aromatic carbocycles. The molecule has 2 N–H and O–H groups in total. The fourth-order valence-corrected chi connectivity index (χ4v) is 4.93. The molecular weight excluding hydrogens is 430 g/mol. The van der Waals surface area contributed by atoms with Crippen LogP contribution in [0.3, 0.4) is 0 Å². The van der Waals surface area contributed by atoms with Crippen molar-refractivity contribution >= 4 is 11.9 Å². The molecule has 1 fully saturated rings. The molecule has 0 saturated carbocycles. The van der Waals surface area contributed by atoms with Gasteiger partial charge in [0, 0.05) is 29.8 Å². The van der Waals surface area contributed by atoms with E-state index in [1.807, 2.05) is 56.3 Å². The zero-order chi connectivity index (χ0) is 24.1. The van der Waals surface area contributed by atoms with Crippen LogP contribution in [0.4, 0.5) is 0 Å². The third-order valence-electron chi connectivity index (χ3n) is 6.61. The van der Waals surface area contributed by atoms with Crippen LogP contribution in [-0.2, 0) is 19.1 Å². The minimum Gasteiger partial charge on any atom is -0.466 e. The van der Waals surface area contributed by atoms with Crippen LogP contribution in [-0.4, -0.2) is 48.6 Å². The molecule has 0 radical (unpaired) electrons. The second-order valence-electron chi connectivity index (χ2n) is 8.92. The third-order valence-corrected chi connectivity index (χ3v) is 6.61. The highest BCUT2D eigenvalue weighted by Crippen LogP contribution is 2.39. The van der Waals surface area contributed by atoms with Crippen LogP contribution in [0, 0.1) is 0 Å². The number of hydrogen-bond donors (Lipinski definition) is 2. The Morgan fingerprint density at radius 3 is 2.26 bits per heavy atom. The molecule has 0 aliphatic carbocycles. The van der Waals surface area contributed by atoms with Crippen molar-refractivity contribution in [1.82, 2.24) is 15.2 Å². The molecule has 2 aliphatic rings. The Morgan fingerprint density at radius 1 is 0.971 bits per heavy atom. The highest BCUT2D eigenvalue weighted by molar-refractivity contribution is 5.99. The molecule has 0 amide bonds. The molecule has 0 bridgehead atoms. The lowest BCUT2D eigenvalue weighted by Crippen LogP contribution is -2.36. The Hall–Kier alpha value is -3.32. The number of carbonyl (C=O) groups is 2. The predicted octanol–water partition coefficient (Wildman–Crippen LogP) is 4.19. The number of hydrogen-bond acceptors (Lipinski definition) is 6. The zero-order valence-electron chi connectivity index (χ0n) is 20.1. The van der Waals surface area contributed by atoms with Gasteiger partial charge in [0.05, 0.1) is 24.2 Å². The molecule has 34 heavy (non-hydrogen) atoms. The first kappa shape index (κ1) is 23.8. The number of dihydropyridines is 1. The van der Waals surface area contributed by atoms with E-state index in [9.17, 15) is 9.59 Å². The maximum atomic E-state index is 13.8. The number of likely N-dealkylation sites (tertiary alicyclic amines) is 1. The number of nitrogens with one attached hydrogen (secondary N) is 2. The number of benzene rings is 1. The summed E-state index contributed by atoms with van der Waals surface area (Å²) in [6.45, 7) is 6.30. The largest absolute Gasteiger partial charge is 0.466 e. The number of aromatic amines is 1. The number of H-pyrrole nitrogens is 1. The number of carbonyl (C=O) groups excluding carboxylic acids is 2. The molecule has 7 heteroatoms. The van der Waals surface area contributed by atoms with Gasteiger partial charge >= 0.3 is 11.9 Å². The molecule has 2 aromatic rings. The Labute approximate surface area is 200 Å². The van der Waals surface area contributed by atoms with Crippen LogP contribution < -0.4 is 5.32 Å². The summed E-state index contributed by atoms with van der Waals surface area (Å²) in [5, 5.41) is 3.20. The van der Waals surface area contributed by atoms with Gasteiger partial charge in [-0.2, -0.15) is 0 Å². The van der Waals surface area contributed by atoms with Gasteiger partial charge in [0.15, 0.2) is 0 Å². The minimum absolute atomic E-state index is 0.398. The van der Waals surface area contributed by atoms with E-state index in [-0.39, 0.29) is 0 Å². The summed E-state index contributed by atoms with van der Waals surface area (Å²) in [7, 11) is 1.35. The van der Waals surface area contributed by atoms with Crippen molar-refractivity contribution in [3.05, 3.63) is 82.5 Å². The molecule has 4 rings (SSSR count). The summed E-state index contributed by atoms with van der Waals surface area (Å²) in [6, 6.07) is 13.6. The van der Waals surface area contributed by atoms with Crippen LogP contribution in [0.25, 0.3) is 0 Å². The molecule has 2 unspecified atom stereocenters. The topological polar surface area (TPSA) is 83.7 Å². The monoisotopic (exact) mass is 463 g/mol. The minimum atomic E-state index is -0.609. The molecule has 2 aliphatic heterocycles. The highest BCUT2D eigenvalue weighted by atomic mass is 16.5. The summed E-state index contributed by atoms with van der Waals surface area (Å²) in [6.07, 6.45) is 4.92. The van der Waals surface area contributed by atoms with Crippen molar-refractivity contribution in [2.45, 2.75) is 45.1 Å². The zero-order valence-corrected chi connectivity index (χ0v) is 20.1. The molecule has 3 heterocycles. The van der Waals surface area contributed by atoms with Gasteiger partial charge in [-0.15, -0.1) is 0 Å². The molecule has 1 saturated heterocycles. The number of rotatable bonds is 7. The van der Waals surface area contributed by atoms with Gasteiger partial charge in [-0.05, 0) is 57.5 Å². The highest BCUT2D eigenvalue weighted by Gasteiger charge is 2.39. The van der Waals surface area contributed by atoms with Gasteiger partial charge < -0.3 is 19.8 Å². The van der Waals surface area contributed by atoms with E-state index < -0.39 is 24.0 Å². The number of nitrogens with zero attached hydrogens (tertiary/aromatic N) is 1. The Bertz CT molecular complexity index is 1070. The Morgan fingerprint density at radius 2 is 1.65 bits per heavy atom. The van der Waals surface area contributed by atoms with E-state index in [1.54, 1.807) is 6.20 Å². The molecule has 2 atom stereocenters. The normalized spacial score (nSPS) is 20.0. The summed E-state index contributed by atoms with van der Waals surface area (Å²) in [5.41, 5.74) is 3.83. The number of piperidine rings is 1. The maximum absolute atomic E-state index is 13.8. The average Bonchev–Trinajstić information content (AvgIpc) is 3.38. The van der Waals surface area contributed by atoms with Crippen LogP contribution in [0.2, 0.25) is 0 Å². The van der Waals surface area contributed by atoms with Gasteiger partial charge in [-0.25, -0.2) is 9.59 Å². The van der Waals surface area contributed by atoms with Gasteiger partial charge in [-0.3, -0.25) is 4.90 Å². The van der Waals surface area contributed by atoms with E-state index >= 15 is 0 Å². The fourth-order valence-electron chi connectivity index (χ4n) is 4.93. The summed E-state index contributed by atoms with van der Waals surface area (Å²) < 4.78 is 11.3. The van der Waals surface area contributed by atoms with Crippen LogP contribution in [0.5, 0.6) is 0 Å². The lowest BCUT2D eigenvalue weighted by molar-refractivity contribution is -0.146. The van der Waals surface area contributed by atoms with E-state index in [2.05, 4.69) is 15.2 Å². The summed E-state index contributed by atoms with van der Waals surface area (Å²) in [4.78, 5) is 32.1. The first-order chi connectivity index (χ1) is 16.5. The lowest BCUT2D eigenvalue weighted by Gasteiger charge is -2.33. The summed E-state index contributed by atoms with van der Waals surface area (Å²) >= 11 is 0. The second-order valence-corrected chi connectivity index (χ2v) is 8.92. The number of aromatic nitrogens is 1. The lowest BCUT2D eigenvalue weighted by atomic mass is 9.83. The van der Waals surface area contributed by atoms with E-state index in [1.165, 1.54) is 13.5 Å². The van der Waals surface area contributed by atoms with Crippen molar-refractivity contribution in [3.8, 4) is 0 Å². The number of ether oxygens (including phenoxy) is 2. The first-order valence-corrected chi connectivity index (χ1v) is 11.9. The Kier molecular flexibility index (Phi) is 7.53. The predicted molar refractivity (Wildman–Crippen MR) is 130 cm³/mol. The van der Waals surface area contributed by atoms with E-state index in [4.69, 9.17) is 9.47 Å². The van der Waals surface area contributed by atoms with Crippen LogP contribution in [0.1, 0.15) is 56.4 Å². The number of allylic oxidation sites excluding steroid dienone is 2. The molecule has 180 valence electrons. The van der Waals surface area contributed by atoms with Crippen molar-refractivity contribution in [3.63, 3.8) is 0 Å². The van der Waals surface area contributed by atoms with Crippen molar-refractivity contribution in [2.75, 3.05) is 26.7 Å². The first-order valence-electron chi connectivity index (χ1n) is 11.9. The van der Waals surface area contributed by atoms with Crippen molar-refractivity contribution in [1.29, 1.82) is 0 Å². The molecule has 0 spiro atoms. The van der Waals surface area contributed by atoms with Crippen LogP contribution in [0.15, 0.2) is 71.2 Å². The van der Waals surface area contributed by atoms with Gasteiger partial charge in [0.2, 0.25) is 0 Å². The maximum Gasteiger partial charge on any atom is 0.337 e. The quantitative estimate of drug-likeness (QED) is 0.599. The van der Waals surface area contributed by atoms with E-state index in [0.717, 1.165) is 37.2 Å². The number of esters is 2. The van der Waals surface area contributed by atoms with Crippen molar-refractivity contribution < 1.29 is 19.1 Å². The van der Waals surface area contributed by atoms with Crippen molar-refractivity contribution in [2.24, 2.45) is 0 Å². The second kappa shape index (κ2) is 10.7. The molecule has 7 nitrogen and oxygen atoms in total. The molecular formula is C27H33N3O4. The number of methoxy groups -OCH3 is 1.